The summed E-state index contributed by atoms with van der Waals surface area (Å²) in [6, 6.07) is 5.51. The molecule has 0 saturated heterocycles. The minimum Gasteiger partial charge on any atom is -0.439 e. The lowest BCUT2D eigenvalue weighted by Crippen LogP contribution is -2.10. The van der Waals surface area contributed by atoms with Crippen LogP contribution in [0.4, 0.5) is 5.95 Å². The minimum atomic E-state index is 0.304. The van der Waals surface area contributed by atoms with Gasteiger partial charge in [0.2, 0.25) is 11.8 Å². The normalized spacial score (nSPS) is 10.7. The van der Waals surface area contributed by atoms with Crippen LogP contribution in [0.1, 0.15) is 30.9 Å². The first-order valence-electron chi connectivity index (χ1n) is 6.29. The highest BCUT2D eigenvalue weighted by molar-refractivity contribution is 6.31. The quantitative estimate of drug-likeness (QED) is 0.665. The highest BCUT2D eigenvalue weighted by Crippen LogP contribution is 2.33. The Morgan fingerprint density at radius 2 is 2.10 bits per heavy atom. The van der Waals surface area contributed by atoms with Gasteiger partial charge in [0.25, 0.3) is 0 Å². The summed E-state index contributed by atoms with van der Waals surface area (Å²) in [5.41, 5.74) is 4.37. The van der Waals surface area contributed by atoms with Gasteiger partial charge >= 0.3 is 0 Å². The molecule has 0 aliphatic carbocycles. The van der Waals surface area contributed by atoms with Crippen molar-refractivity contribution >= 4 is 17.5 Å². The van der Waals surface area contributed by atoms with E-state index in [1.54, 1.807) is 12.3 Å². The monoisotopic (exact) mass is 292 g/mol. The van der Waals surface area contributed by atoms with E-state index in [1.807, 2.05) is 19.1 Å². The topological polar surface area (TPSA) is 73.1 Å². The number of nitrogen functional groups attached to an aromatic ring is 1. The lowest BCUT2D eigenvalue weighted by molar-refractivity contribution is 0.458. The van der Waals surface area contributed by atoms with E-state index in [2.05, 4.69) is 29.2 Å². The number of hydrogen-bond acceptors (Lipinski definition) is 5. The van der Waals surface area contributed by atoms with Gasteiger partial charge in [0.15, 0.2) is 0 Å². The summed E-state index contributed by atoms with van der Waals surface area (Å²) < 4.78 is 5.79. The number of nitrogens with two attached hydrogens (primary N) is 1. The molecule has 0 radical (unpaired) electrons. The molecule has 0 amide bonds. The fraction of sp³-hybridized carbons (Fsp3) is 0.286. The number of aromatic nitrogens is 2. The molecule has 3 N–H and O–H groups in total. The molecule has 1 aromatic heterocycles. The molecule has 0 fully saturated rings. The second-order valence-corrected chi connectivity index (χ2v) is 5.17. The van der Waals surface area contributed by atoms with Crippen LogP contribution >= 0.6 is 11.6 Å². The lowest BCUT2D eigenvalue weighted by atomic mass is 10.0. The van der Waals surface area contributed by atoms with Crippen molar-refractivity contribution in [2.45, 2.75) is 26.7 Å². The average Bonchev–Trinajstić information content (AvgIpc) is 2.41. The third-order valence-electron chi connectivity index (χ3n) is 2.89. The molecule has 0 atom stereocenters. The van der Waals surface area contributed by atoms with Gasteiger partial charge in [0.05, 0.1) is 0 Å². The van der Waals surface area contributed by atoms with Crippen LogP contribution in [0.25, 0.3) is 0 Å². The van der Waals surface area contributed by atoms with Gasteiger partial charge in [-0.3, -0.25) is 5.43 Å². The molecule has 2 rings (SSSR count). The number of anilines is 1. The molecule has 20 heavy (non-hydrogen) atoms. The van der Waals surface area contributed by atoms with Gasteiger partial charge in [-0.2, -0.15) is 4.98 Å². The number of aryl methyl sites for hydroxylation is 1. The summed E-state index contributed by atoms with van der Waals surface area (Å²) in [7, 11) is 0. The van der Waals surface area contributed by atoms with Gasteiger partial charge in [0.1, 0.15) is 5.75 Å². The largest absolute Gasteiger partial charge is 0.439 e. The van der Waals surface area contributed by atoms with Crippen molar-refractivity contribution in [3.8, 4) is 11.6 Å². The molecule has 0 saturated carbocycles. The average molecular weight is 293 g/mol. The molecule has 0 bridgehead atoms. The van der Waals surface area contributed by atoms with E-state index in [0.717, 1.165) is 21.9 Å². The number of rotatable bonds is 4. The molecule has 5 nitrogen and oxygen atoms in total. The van der Waals surface area contributed by atoms with E-state index < -0.39 is 0 Å². The lowest BCUT2D eigenvalue weighted by Gasteiger charge is -2.14. The first kappa shape index (κ1) is 14.6. The third kappa shape index (κ3) is 3.18. The molecule has 106 valence electrons. The second-order valence-electron chi connectivity index (χ2n) is 4.76. The standard InChI is InChI=1S/C14H17ClN4O/c1-8(2)10-7-12(9(3)6-11(10)15)20-13-4-5-17-14(18-13)19-16/h4-8H,16H2,1-3H3,(H,17,18,19). The molecule has 0 aliphatic rings. The van der Waals surface area contributed by atoms with E-state index in [-0.39, 0.29) is 0 Å². The second kappa shape index (κ2) is 6.07. The number of nitrogens with one attached hydrogen (secondary N) is 1. The van der Waals surface area contributed by atoms with Crippen molar-refractivity contribution in [1.82, 2.24) is 9.97 Å². The van der Waals surface area contributed by atoms with Crippen molar-refractivity contribution in [3.63, 3.8) is 0 Å². The maximum absolute atomic E-state index is 6.24. The Labute approximate surface area is 123 Å². The molecule has 6 heteroatoms. The van der Waals surface area contributed by atoms with Crippen molar-refractivity contribution in [2.75, 3.05) is 5.43 Å². The van der Waals surface area contributed by atoms with Crippen molar-refractivity contribution in [3.05, 3.63) is 40.5 Å². The van der Waals surface area contributed by atoms with Gasteiger partial charge < -0.3 is 4.74 Å². The molecule has 2 aromatic rings. The van der Waals surface area contributed by atoms with E-state index in [4.69, 9.17) is 22.2 Å². The van der Waals surface area contributed by atoms with Crippen LogP contribution in [-0.4, -0.2) is 9.97 Å². The number of benzene rings is 1. The zero-order valence-corrected chi connectivity index (χ0v) is 12.4. The number of ether oxygens (including phenoxy) is 1. The number of hydrazine groups is 1. The number of nitrogens with zero attached hydrogens (tertiary/aromatic N) is 2. The number of halogens is 1. The molecule has 0 spiro atoms. The SMILES string of the molecule is Cc1cc(Cl)c(C(C)C)cc1Oc1ccnc(NN)n1. The van der Waals surface area contributed by atoms with Crippen molar-refractivity contribution in [2.24, 2.45) is 5.84 Å². The van der Waals surface area contributed by atoms with Crippen LogP contribution in [0.5, 0.6) is 11.6 Å². The Kier molecular flexibility index (Phi) is 4.42. The van der Waals surface area contributed by atoms with Crippen LogP contribution in [0.15, 0.2) is 24.4 Å². The first-order chi connectivity index (χ1) is 9.51. The fourth-order valence-corrected chi connectivity index (χ4v) is 2.24. The highest BCUT2D eigenvalue weighted by atomic mass is 35.5. The fourth-order valence-electron chi connectivity index (χ4n) is 1.80. The van der Waals surface area contributed by atoms with Crippen LogP contribution in [0.2, 0.25) is 5.02 Å². The maximum Gasteiger partial charge on any atom is 0.240 e. The van der Waals surface area contributed by atoms with Crippen LogP contribution in [-0.2, 0) is 0 Å². The number of hydrogen-bond donors (Lipinski definition) is 2. The summed E-state index contributed by atoms with van der Waals surface area (Å²) in [6.45, 7) is 6.11. The molecule has 0 aliphatic heterocycles. The van der Waals surface area contributed by atoms with Gasteiger partial charge in [0, 0.05) is 17.3 Å². The van der Waals surface area contributed by atoms with Gasteiger partial charge in [-0.25, -0.2) is 10.8 Å². The third-order valence-corrected chi connectivity index (χ3v) is 3.22. The predicted octanol–water partition coefficient (Wildman–Crippen LogP) is 3.64. The summed E-state index contributed by atoms with van der Waals surface area (Å²) in [5, 5.41) is 0.747. The zero-order chi connectivity index (χ0) is 14.7. The summed E-state index contributed by atoms with van der Waals surface area (Å²) in [4.78, 5) is 8.06. The molecule has 1 heterocycles. The van der Waals surface area contributed by atoms with Gasteiger partial charge in [-0.1, -0.05) is 25.4 Å². The Morgan fingerprint density at radius 3 is 2.75 bits per heavy atom. The van der Waals surface area contributed by atoms with E-state index in [9.17, 15) is 0 Å². The van der Waals surface area contributed by atoms with Crippen LogP contribution in [0, 0.1) is 6.92 Å². The van der Waals surface area contributed by atoms with E-state index in [1.165, 1.54) is 0 Å². The summed E-state index contributed by atoms with van der Waals surface area (Å²) >= 11 is 6.24. The van der Waals surface area contributed by atoms with E-state index in [0.29, 0.717) is 17.7 Å². The zero-order valence-electron chi connectivity index (χ0n) is 11.6. The summed E-state index contributed by atoms with van der Waals surface area (Å²) in [6.07, 6.45) is 1.58. The summed E-state index contributed by atoms with van der Waals surface area (Å²) in [5.74, 6) is 7.04. The van der Waals surface area contributed by atoms with E-state index >= 15 is 0 Å². The molecular formula is C14H17ClN4O. The van der Waals surface area contributed by atoms with Crippen LogP contribution < -0.4 is 16.0 Å². The van der Waals surface area contributed by atoms with Crippen LogP contribution in [0.3, 0.4) is 0 Å². The Hall–Kier alpha value is -1.85. The Morgan fingerprint density at radius 1 is 1.35 bits per heavy atom. The minimum absolute atomic E-state index is 0.304. The van der Waals surface area contributed by atoms with Crippen molar-refractivity contribution in [1.29, 1.82) is 0 Å². The van der Waals surface area contributed by atoms with Crippen molar-refractivity contribution < 1.29 is 4.74 Å². The molecule has 0 unspecified atom stereocenters. The van der Waals surface area contributed by atoms with Gasteiger partial charge in [-0.15, -0.1) is 0 Å². The Bertz CT molecular complexity index is 616. The van der Waals surface area contributed by atoms with Gasteiger partial charge in [-0.05, 0) is 36.1 Å². The smallest absolute Gasteiger partial charge is 0.240 e. The molecular weight excluding hydrogens is 276 g/mol. The molecule has 1 aromatic carbocycles. The predicted molar refractivity (Wildman–Crippen MR) is 80.2 cm³/mol. The highest BCUT2D eigenvalue weighted by Gasteiger charge is 2.11. The maximum atomic E-state index is 6.24. The first-order valence-corrected chi connectivity index (χ1v) is 6.66. The Balaban J connectivity index is 2.35.